The maximum absolute atomic E-state index is 7.05. The summed E-state index contributed by atoms with van der Waals surface area (Å²) in [6.07, 6.45) is 9.04. The molecule has 4 nitrogen and oxygen atoms in total. The van der Waals surface area contributed by atoms with E-state index in [9.17, 15) is 0 Å². The van der Waals surface area contributed by atoms with Gasteiger partial charge in [-0.25, -0.2) is 4.98 Å². The average Bonchev–Trinajstić information content (AvgIpc) is 4.00. The number of anilines is 2. The van der Waals surface area contributed by atoms with Crippen LogP contribution in [0.5, 0.6) is 5.75 Å². The van der Waals surface area contributed by atoms with Crippen LogP contribution in [-0.4, -0.2) is 21.7 Å². The highest BCUT2D eigenvalue weighted by atomic mass is 32.1. The minimum absolute atomic E-state index is 0.00438. The molecule has 258 valence electrons. The maximum atomic E-state index is 7.05. The van der Waals surface area contributed by atoms with Crippen LogP contribution in [0.1, 0.15) is 41.4 Å². The van der Waals surface area contributed by atoms with Crippen molar-refractivity contribution >= 4 is 55.5 Å². The van der Waals surface area contributed by atoms with Crippen molar-refractivity contribution in [1.29, 1.82) is 0 Å². The number of para-hydroxylation sites is 5. The first-order valence-corrected chi connectivity index (χ1v) is 19.8. The Balaban J connectivity index is 0.934. The van der Waals surface area contributed by atoms with Crippen LogP contribution in [-0.2, 0) is 0 Å². The van der Waals surface area contributed by atoms with Gasteiger partial charge in [-0.2, -0.15) is 0 Å². The largest absolute Gasteiger partial charge is 0.483 e. The number of hydrogen-bond donors (Lipinski definition) is 0. The lowest BCUT2D eigenvalue weighted by Crippen LogP contribution is -2.36. The Morgan fingerprint density at radius 3 is 2.43 bits per heavy atom. The molecule has 8 aromatic rings. The Morgan fingerprint density at radius 1 is 0.704 bits per heavy atom. The zero-order chi connectivity index (χ0) is 35.3. The summed E-state index contributed by atoms with van der Waals surface area (Å²) < 4.78 is 12.1. The van der Waals surface area contributed by atoms with E-state index in [1.165, 1.54) is 53.5 Å². The standard InChI is InChI=1S/C49H35N3OS/c1-2-12-32(13-3-1)51-40-20-8-6-18-38(40)50-49(51)31-26-24-30(25-27-31)33-16-11-22-43-45(33)37-17-10-21-42(47(37)53-43)52-39-19-7-4-15-36(39)46-41(52)29-28-35-34-14-5-9-23-44(34)54-48(35)46/h1-15,17-28,33,41,43,45H,16,29H2. The normalized spacial score (nSPS) is 20.6. The number of nitrogens with zero attached hydrogens (tertiary/aromatic N) is 3. The summed E-state index contributed by atoms with van der Waals surface area (Å²) in [5.74, 6) is 2.53. The van der Waals surface area contributed by atoms with Gasteiger partial charge in [0.25, 0.3) is 0 Å². The van der Waals surface area contributed by atoms with E-state index in [2.05, 4.69) is 173 Å². The molecular formula is C49H35N3OS. The molecule has 2 aromatic heterocycles. The first-order valence-electron chi connectivity index (χ1n) is 19.0. The number of rotatable bonds is 4. The highest BCUT2D eigenvalue weighted by Gasteiger charge is 2.45. The van der Waals surface area contributed by atoms with Crippen molar-refractivity contribution in [3.8, 4) is 22.8 Å². The third kappa shape index (κ3) is 4.33. The van der Waals surface area contributed by atoms with Crippen LogP contribution < -0.4 is 19.4 Å². The van der Waals surface area contributed by atoms with Crippen molar-refractivity contribution in [1.82, 2.24) is 9.55 Å². The number of hydrogen-bond acceptors (Lipinski definition) is 4. The molecule has 54 heavy (non-hydrogen) atoms. The van der Waals surface area contributed by atoms with Gasteiger partial charge in [0.1, 0.15) is 17.7 Å². The molecule has 4 atom stereocenters. The first kappa shape index (κ1) is 30.3. The van der Waals surface area contributed by atoms with Gasteiger partial charge in [0, 0.05) is 48.8 Å². The zero-order valence-corrected chi connectivity index (χ0v) is 30.3. The second-order valence-corrected chi connectivity index (χ2v) is 15.9. The number of allylic oxidation sites excluding steroid dienone is 1. The predicted octanol–water partition coefficient (Wildman–Crippen LogP) is 10.4. The number of fused-ring (bicyclic) bond motifs is 10. The van der Waals surface area contributed by atoms with Gasteiger partial charge in [0.05, 0.1) is 22.8 Å². The predicted molar refractivity (Wildman–Crippen MR) is 222 cm³/mol. The van der Waals surface area contributed by atoms with Gasteiger partial charge >= 0.3 is 0 Å². The third-order valence-electron chi connectivity index (χ3n) is 12.1. The molecule has 4 heterocycles. The molecule has 6 aromatic carbocycles. The molecular weight excluding hydrogens is 679 g/mol. The number of thiophene rings is 1. The summed E-state index contributed by atoms with van der Waals surface area (Å²) in [5, 5.41) is 2.77. The topological polar surface area (TPSA) is 30.3 Å². The number of aromatic nitrogens is 2. The molecule has 0 saturated heterocycles. The Labute approximate surface area is 317 Å². The first-order chi connectivity index (χ1) is 26.8. The molecule has 2 aliphatic carbocycles. The van der Waals surface area contributed by atoms with Crippen LogP contribution in [0.25, 0.3) is 49.8 Å². The Bertz CT molecular complexity index is 2960. The highest BCUT2D eigenvalue weighted by Crippen LogP contribution is 2.56. The fourth-order valence-electron chi connectivity index (χ4n) is 9.78. The minimum atomic E-state index is -0.00438. The Hall–Kier alpha value is -6.17. The third-order valence-corrected chi connectivity index (χ3v) is 13.3. The van der Waals surface area contributed by atoms with Gasteiger partial charge in [-0.05, 0) is 83.5 Å². The van der Waals surface area contributed by atoms with Crippen LogP contribution in [0.3, 0.4) is 0 Å². The van der Waals surface area contributed by atoms with E-state index >= 15 is 0 Å². The van der Waals surface area contributed by atoms with Crippen LogP contribution in [0, 0.1) is 0 Å². The number of ether oxygens (including phenoxy) is 1. The van der Waals surface area contributed by atoms with E-state index in [4.69, 9.17) is 9.72 Å². The van der Waals surface area contributed by atoms with E-state index in [1.807, 2.05) is 11.3 Å². The molecule has 0 N–H and O–H groups in total. The molecule has 5 heteroatoms. The molecule has 12 rings (SSSR count). The van der Waals surface area contributed by atoms with Gasteiger partial charge in [0.15, 0.2) is 0 Å². The lowest BCUT2D eigenvalue weighted by Gasteiger charge is -2.30. The summed E-state index contributed by atoms with van der Waals surface area (Å²) in [6, 6.07) is 53.0. The van der Waals surface area contributed by atoms with Crippen LogP contribution >= 0.6 is 11.3 Å². The zero-order valence-electron chi connectivity index (χ0n) is 29.5. The van der Waals surface area contributed by atoms with Gasteiger partial charge in [-0.3, -0.25) is 4.57 Å². The lowest BCUT2D eigenvalue weighted by atomic mass is 9.74. The summed E-state index contributed by atoms with van der Waals surface area (Å²) in [6.45, 7) is 0. The molecule has 0 fully saturated rings. The van der Waals surface area contributed by atoms with E-state index in [1.54, 1.807) is 0 Å². The van der Waals surface area contributed by atoms with E-state index in [-0.39, 0.29) is 18.1 Å². The number of benzene rings is 6. The molecule has 0 amide bonds. The lowest BCUT2D eigenvalue weighted by molar-refractivity contribution is 0.233. The van der Waals surface area contributed by atoms with Crippen molar-refractivity contribution in [2.75, 3.05) is 4.90 Å². The van der Waals surface area contributed by atoms with Gasteiger partial charge in [0.2, 0.25) is 0 Å². The van der Waals surface area contributed by atoms with E-state index in [0.717, 1.165) is 46.7 Å². The minimum Gasteiger partial charge on any atom is -0.483 e. The van der Waals surface area contributed by atoms with Crippen molar-refractivity contribution in [2.24, 2.45) is 0 Å². The van der Waals surface area contributed by atoms with Crippen molar-refractivity contribution < 1.29 is 4.74 Å². The fraction of sp³-hybridized carbons (Fsp3) is 0.122. The maximum Gasteiger partial charge on any atom is 0.147 e. The molecule has 4 unspecified atom stereocenters. The summed E-state index contributed by atoms with van der Waals surface area (Å²) in [4.78, 5) is 7.70. The van der Waals surface area contributed by atoms with E-state index in [0.29, 0.717) is 5.92 Å². The summed E-state index contributed by atoms with van der Waals surface area (Å²) in [5.41, 5.74) is 12.2. The highest BCUT2D eigenvalue weighted by molar-refractivity contribution is 7.17. The fourth-order valence-corrected chi connectivity index (χ4v) is 11.1. The van der Waals surface area contributed by atoms with Crippen LogP contribution in [0.2, 0.25) is 0 Å². The molecule has 0 bridgehead atoms. The quantitative estimate of drug-likeness (QED) is 0.170. The van der Waals surface area contributed by atoms with E-state index < -0.39 is 0 Å². The SMILES string of the molecule is C1=CC2Oc3c(cccc3N3c4ccccc4C4=c5sc6ccccc6c5=CCC43)C2C(c2ccc(-c3nc4ccccc4n3-c3ccccc3)cc2)C1. The number of imidazole rings is 1. The van der Waals surface area contributed by atoms with Gasteiger partial charge in [-0.15, -0.1) is 11.3 Å². The Kier molecular flexibility index (Phi) is 6.55. The summed E-state index contributed by atoms with van der Waals surface area (Å²) >= 11 is 1.94. The second-order valence-electron chi connectivity index (χ2n) is 14.9. The summed E-state index contributed by atoms with van der Waals surface area (Å²) in [7, 11) is 0. The Morgan fingerprint density at radius 2 is 1.50 bits per heavy atom. The molecule has 0 radical (unpaired) electrons. The molecule has 0 saturated carbocycles. The van der Waals surface area contributed by atoms with Crippen molar-refractivity contribution in [3.05, 3.63) is 184 Å². The van der Waals surface area contributed by atoms with Crippen molar-refractivity contribution in [3.63, 3.8) is 0 Å². The monoisotopic (exact) mass is 713 g/mol. The average molecular weight is 714 g/mol. The van der Waals surface area contributed by atoms with Crippen LogP contribution in [0.4, 0.5) is 11.4 Å². The van der Waals surface area contributed by atoms with Crippen LogP contribution in [0.15, 0.2) is 158 Å². The van der Waals surface area contributed by atoms with Gasteiger partial charge < -0.3 is 9.64 Å². The van der Waals surface area contributed by atoms with Gasteiger partial charge in [-0.1, -0.05) is 115 Å². The smallest absolute Gasteiger partial charge is 0.147 e. The second kappa shape index (κ2) is 11.7. The molecule has 0 spiro atoms. The molecule has 4 aliphatic rings. The molecule has 2 aliphatic heterocycles. The van der Waals surface area contributed by atoms with Crippen molar-refractivity contribution in [2.45, 2.75) is 36.8 Å².